The lowest BCUT2D eigenvalue weighted by atomic mass is 9.87. The molecule has 0 amide bonds. The van der Waals surface area contributed by atoms with E-state index in [-0.39, 0.29) is 5.02 Å². The van der Waals surface area contributed by atoms with E-state index < -0.39 is 44.1 Å². The minimum atomic E-state index is -4.93. The van der Waals surface area contributed by atoms with Crippen molar-refractivity contribution < 1.29 is 31.1 Å². The maximum absolute atomic E-state index is 13.1. The third-order valence-electron chi connectivity index (χ3n) is 3.11. The van der Waals surface area contributed by atoms with Crippen LogP contribution in [0.25, 0.3) is 0 Å². The monoisotopic (exact) mass is 387 g/mol. The molecule has 1 unspecified atom stereocenters. The van der Waals surface area contributed by atoms with E-state index in [2.05, 4.69) is 4.74 Å². The van der Waals surface area contributed by atoms with Crippen LogP contribution in [-0.4, -0.2) is 27.5 Å². The fraction of sp³-hybridized carbons (Fsp3) is 0.500. The number of carbonyl (C=O) groups excluding carboxylic acids is 1. The van der Waals surface area contributed by atoms with E-state index >= 15 is 0 Å². The Hall–Kier alpha value is -1.32. The van der Waals surface area contributed by atoms with Crippen molar-refractivity contribution in [3.63, 3.8) is 0 Å². The van der Waals surface area contributed by atoms with Crippen molar-refractivity contribution in [1.29, 1.82) is 0 Å². The summed E-state index contributed by atoms with van der Waals surface area (Å²) in [5.74, 6) is -0.909. The molecule has 1 rings (SSSR count). The Morgan fingerprint density at radius 1 is 1.25 bits per heavy atom. The molecule has 1 atom stereocenters. The quantitative estimate of drug-likeness (QED) is 0.805. The number of methoxy groups -OCH3 is 1. The van der Waals surface area contributed by atoms with Gasteiger partial charge in [0.1, 0.15) is 6.04 Å². The summed E-state index contributed by atoms with van der Waals surface area (Å²) in [5, 5.41) is -0.262. The third kappa shape index (κ3) is 4.84. The van der Waals surface area contributed by atoms with Crippen LogP contribution in [-0.2, 0) is 25.7 Å². The van der Waals surface area contributed by atoms with Crippen molar-refractivity contribution in [2.24, 2.45) is 5.41 Å². The first-order valence-electron chi connectivity index (χ1n) is 6.67. The van der Waals surface area contributed by atoms with Gasteiger partial charge in [0.2, 0.25) is 10.0 Å². The van der Waals surface area contributed by atoms with Gasteiger partial charge in [0.05, 0.1) is 17.6 Å². The fourth-order valence-corrected chi connectivity index (χ4v) is 3.64. The summed E-state index contributed by atoms with van der Waals surface area (Å²) in [5.41, 5.74) is -2.34. The SMILES string of the molecule is COC(=O)C(NS(=O)(=O)c1ccc(Cl)cc1C(F)(F)F)C(C)(C)C. The van der Waals surface area contributed by atoms with Crippen molar-refractivity contribution in [2.45, 2.75) is 37.9 Å². The number of nitrogens with one attached hydrogen (secondary N) is 1. The van der Waals surface area contributed by atoms with Gasteiger partial charge < -0.3 is 4.74 Å². The molecule has 0 heterocycles. The Kier molecular flexibility index (Phi) is 5.95. The first-order valence-corrected chi connectivity index (χ1v) is 8.53. The summed E-state index contributed by atoms with van der Waals surface area (Å²) in [4.78, 5) is 10.8. The van der Waals surface area contributed by atoms with Gasteiger partial charge in [0, 0.05) is 5.02 Å². The number of rotatable bonds is 4. The van der Waals surface area contributed by atoms with E-state index in [1.54, 1.807) is 20.8 Å². The number of halogens is 4. The molecule has 0 bridgehead atoms. The number of alkyl halides is 3. The molecule has 0 saturated heterocycles. The lowest BCUT2D eigenvalue weighted by Crippen LogP contribution is -2.49. The van der Waals surface area contributed by atoms with Crippen LogP contribution in [0.1, 0.15) is 26.3 Å². The predicted molar refractivity (Wildman–Crippen MR) is 82.0 cm³/mol. The van der Waals surface area contributed by atoms with E-state index in [1.165, 1.54) is 0 Å². The topological polar surface area (TPSA) is 72.5 Å². The summed E-state index contributed by atoms with van der Waals surface area (Å²) in [6.45, 7) is 4.64. The zero-order valence-electron chi connectivity index (χ0n) is 13.4. The van der Waals surface area contributed by atoms with Crippen LogP contribution < -0.4 is 4.72 Å². The Labute approximate surface area is 143 Å². The highest BCUT2D eigenvalue weighted by atomic mass is 35.5. The first-order chi connectivity index (χ1) is 10.7. The normalized spacial score (nSPS) is 14.3. The number of esters is 1. The maximum atomic E-state index is 13.1. The average molecular weight is 388 g/mol. The second-order valence-corrected chi connectivity index (χ2v) is 8.20. The van der Waals surface area contributed by atoms with Crippen LogP contribution >= 0.6 is 11.6 Å². The number of sulfonamides is 1. The number of hydrogen-bond acceptors (Lipinski definition) is 4. The summed E-state index contributed by atoms with van der Waals surface area (Å²) < 4.78 is 70.7. The van der Waals surface area contributed by atoms with Gasteiger partial charge in [0.25, 0.3) is 0 Å². The van der Waals surface area contributed by atoms with Gasteiger partial charge in [-0.05, 0) is 23.6 Å². The molecule has 0 aromatic heterocycles. The molecule has 136 valence electrons. The molecular weight excluding hydrogens is 371 g/mol. The van der Waals surface area contributed by atoms with Crippen molar-refractivity contribution in [1.82, 2.24) is 4.72 Å². The molecule has 1 aromatic carbocycles. The summed E-state index contributed by atoms with van der Waals surface area (Å²) in [6, 6.07) is 0.907. The summed E-state index contributed by atoms with van der Waals surface area (Å²) >= 11 is 5.53. The Balaban J connectivity index is 3.43. The molecule has 5 nitrogen and oxygen atoms in total. The van der Waals surface area contributed by atoms with Crippen molar-refractivity contribution in [3.05, 3.63) is 28.8 Å². The van der Waals surface area contributed by atoms with Crippen LogP contribution in [0.5, 0.6) is 0 Å². The number of ether oxygens (including phenoxy) is 1. The number of carbonyl (C=O) groups is 1. The van der Waals surface area contributed by atoms with Gasteiger partial charge in [-0.3, -0.25) is 4.79 Å². The lowest BCUT2D eigenvalue weighted by Gasteiger charge is -2.29. The van der Waals surface area contributed by atoms with Gasteiger partial charge in [-0.25, -0.2) is 8.42 Å². The highest BCUT2D eigenvalue weighted by Crippen LogP contribution is 2.36. The Bertz CT molecular complexity index is 727. The van der Waals surface area contributed by atoms with Crippen molar-refractivity contribution in [3.8, 4) is 0 Å². The third-order valence-corrected chi connectivity index (χ3v) is 4.83. The molecule has 1 N–H and O–H groups in total. The van der Waals surface area contributed by atoms with E-state index in [0.29, 0.717) is 6.07 Å². The van der Waals surface area contributed by atoms with E-state index in [4.69, 9.17) is 11.6 Å². The molecular formula is C14H17ClF3NO4S. The second kappa shape index (κ2) is 6.89. The zero-order valence-corrected chi connectivity index (χ0v) is 14.9. The number of benzene rings is 1. The predicted octanol–water partition coefficient (Wildman–Crippen LogP) is 3.22. The van der Waals surface area contributed by atoms with Gasteiger partial charge in [-0.15, -0.1) is 0 Å². The highest BCUT2D eigenvalue weighted by Gasteiger charge is 2.41. The largest absolute Gasteiger partial charge is 0.468 e. The smallest absolute Gasteiger partial charge is 0.417 e. The molecule has 1 aromatic rings. The van der Waals surface area contributed by atoms with Gasteiger partial charge in [-0.2, -0.15) is 17.9 Å². The van der Waals surface area contributed by atoms with Crippen LogP contribution in [0, 0.1) is 5.41 Å². The highest BCUT2D eigenvalue weighted by molar-refractivity contribution is 7.89. The lowest BCUT2D eigenvalue weighted by molar-refractivity contribution is -0.145. The zero-order chi connectivity index (χ0) is 18.9. The molecule has 0 aliphatic carbocycles. The molecule has 24 heavy (non-hydrogen) atoms. The fourth-order valence-electron chi connectivity index (χ4n) is 1.87. The van der Waals surface area contributed by atoms with Crippen LogP contribution in [0.4, 0.5) is 13.2 Å². The van der Waals surface area contributed by atoms with Gasteiger partial charge >= 0.3 is 12.1 Å². The molecule has 10 heteroatoms. The van der Waals surface area contributed by atoms with Gasteiger partial charge in [-0.1, -0.05) is 32.4 Å². The molecule has 0 saturated carbocycles. The summed E-state index contributed by atoms with van der Waals surface area (Å²) in [7, 11) is -3.60. The molecule has 0 spiro atoms. The second-order valence-electron chi connectivity index (χ2n) is 6.08. The van der Waals surface area contributed by atoms with Crippen LogP contribution in [0.15, 0.2) is 23.1 Å². The molecule has 0 aliphatic heterocycles. The maximum Gasteiger partial charge on any atom is 0.417 e. The van der Waals surface area contributed by atoms with E-state index in [1.807, 2.05) is 4.72 Å². The molecule has 0 fully saturated rings. The van der Waals surface area contributed by atoms with Crippen LogP contribution in [0.2, 0.25) is 5.02 Å². The minimum Gasteiger partial charge on any atom is -0.468 e. The van der Waals surface area contributed by atoms with Crippen molar-refractivity contribution in [2.75, 3.05) is 7.11 Å². The molecule has 0 aliphatic rings. The van der Waals surface area contributed by atoms with Crippen LogP contribution in [0.3, 0.4) is 0 Å². The first kappa shape index (κ1) is 20.7. The standard InChI is InChI=1S/C14H17ClF3NO4S/c1-13(2,3)11(12(20)23-4)19-24(21,22)10-6-5-8(15)7-9(10)14(16,17)18/h5-7,11,19H,1-4H3. The average Bonchev–Trinajstić information content (AvgIpc) is 2.41. The number of hydrogen-bond donors (Lipinski definition) is 1. The van der Waals surface area contributed by atoms with E-state index in [0.717, 1.165) is 19.2 Å². The molecule has 0 radical (unpaired) electrons. The minimum absolute atomic E-state index is 0.262. The summed E-state index contributed by atoms with van der Waals surface area (Å²) in [6.07, 6.45) is -4.93. The van der Waals surface area contributed by atoms with Gasteiger partial charge in [0.15, 0.2) is 0 Å². The Morgan fingerprint density at radius 3 is 2.21 bits per heavy atom. The van der Waals surface area contributed by atoms with Crippen molar-refractivity contribution >= 4 is 27.6 Å². The Morgan fingerprint density at radius 2 is 1.79 bits per heavy atom. The van der Waals surface area contributed by atoms with E-state index in [9.17, 15) is 26.4 Å².